The number of pyridine rings is 1. The number of rotatable bonds is 7. The van der Waals surface area contributed by atoms with Gasteiger partial charge in [0.05, 0.1) is 13.2 Å². The lowest BCUT2D eigenvalue weighted by Gasteiger charge is -2.10. The first kappa shape index (κ1) is 17.4. The van der Waals surface area contributed by atoms with Crippen molar-refractivity contribution in [3.8, 4) is 11.6 Å². The third-order valence-corrected chi connectivity index (χ3v) is 3.06. The minimum Gasteiger partial charge on any atom is -0.488 e. The van der Waals surface area contributed by atoms with Gasteiger partial charge >= 0.3 is 6.09 Å². The molecule has 1 heterocycles. The number of aryl methyl sites for hydroxylation is 1. The zero-order valence-electron chi connectivity index (χ0n) is 13.1. The summed E-state index contributed by atoms with van der Waals surface area (Å²) in [6.07, 6.45) is 2.20. The van der Waals surface area contributed by atoms with Crippen molar-refractivity contribution in [1.82, 2.24) is 10.3 Å². The molecule has 3 N–H and O–H groups in total. The van der Waals surface area contributed by atoms with E-state index >= 15 is 0 Å². The molecule has 7 nitrogen and oxygen atoms in total. The van der Waals surface area contributed by atoms with Crippen LogP contribution >= 0.6 is 0 Å². The SMILES string of the molecule is NCC(=O)NC(=O)Oc1ncccc1OCCCc1ccccc1. The van der Waals surface area contributed by atoms with E-state index < -0.39 is 12.0 Å². The fourth-order valence-electron chi connectivity index (χ4n) is 1.94. The van der Waals surface area contributed by atoms with Crippen molar-refractivity contribution >= 4 is 12.0 Å². The van der Waals surface area contributed by atoms with E-state index in [0.29, 0.717) is 12.4 Å². The van der Waals surface area contributed by atoms with Gasteiger partial charge in [0.15, 0.2) is 5.75 Å². The van der Waals surface area contributed by atoms with Crippen LogP contribution in [0.2, 0.25) is 0 Å². The summed E-state index contributed by atoms with van der Waals surface area (Å²) in [4.78, 5) is 26.5. The third-order valence-electron chi connectivity index (χ3n) is 3.06. The topological polar surface area (TPSA) is 104 Å². The highest BCUT2D eigenvalue weighted by Gasteiger charge is 2.13. The van der Waals surface area contributed by atoms with Gasteiger partial charge in [0.2, 0.25) is 5.91 Å². The average molecular weight is 329 g/mol. The number of imide groups is 1. The summed E-state index contributed by atoms with van der Waals surface area (Å²) in [7, 11) is 0. The third kappa shape index (κ3) is 5.69. The van der Waals surface area contributed by atoms with Gasteiger partial charge in [-0.3, -0.25) is 10.1 Å². The van der Waals surface area contributed by atoms with Gasteiger partial charge < -0.3 is 15.2 Å². The molecule has 0 spiro atoms. The highest BCUT2D eigenvalue weighted by Crippen LogP contribution is 2.23. The molecule has 0 unspecified atom stereocenters. The van der Waals surface area contributed by atoms with Crippen LogP contribution in [0.15, 0.2) is 48.7 Å². The van der Waals surface area contributed by atoms with Crippen molar-refractivity contribution in [3.63, 3.8) is 0 Å². The molecule has 2 amide bonds. The van der Waals surface area contributed by atoms with E-state index in [2.05, 4.69) is 17.1 Å². The normalized spacial score (nSPS) is 10.0. The predicted molar refractivity (Wildman–Crippen MR) is 87.7 cm³/mol. The van der Waals surface area contributed by atoms with E-state index in [0.717, 1.165) is 12.8 Å². The van der Waals surface area contributed by atoms with Crippen LogP contribution in [-0.4, -0.2) is 30.1 Å². The fourth-order valence-corrected chi connectivity index (χ4v) is 1.94. The molecule has 24 heavy (non-hydrogen) atoms. The molecule has 0 fully saturated rings. The molecule has 1 aromatic carbocycles. The van der Waals surface area contributed by atoms with Gasteiger partial charge in [-0.25, -0.2) is 9.78 Å². The molecule has 0 aliphatic rings. The maximum atomic E-state index is 11.5. The largest absolute Gasteiger partial charge is 0.488 e. The van der Waals surface area contributed by atoms with Gasteiger partial charge in [-0.05, 0) is 30.5 Å². The van der Waals surface area contributed by atoms with Crippen LogP contribution in [0.5, 0.6) is 11.6 Å². The van der Waals surface area contributed by atoms with Crippen LogP contribution in [0.1, 0.15) is 12.0 Å². The summed E-state index contributed by atoms with van der Waals surface area (Å²) in [5, 5.41) is 1.97. The quantitative estimate of drug-likeness (QED) is 0.749. The summed E-state index contributed by atoms with van der Waals surface area (Å²) in [5.41, 5.74) is 6.34. The highest BCUT2D eigenvalue weighted by molar-refractivity contribution is 5.93. The predicted octanol–water partition coefficient (Wildman–Crippen LogP) is 1.67. The Kier molecular flexibility index (Phi) is 6.73. The second kappa shape index (κ2) is 9.26. The van der Waals surface area contributed by atoms with Crippen molar-refractivity contribution in [2.24, 2.45) is 5.73 Å². The fraction of sp³-hybridized carbons (Fsp3) is 0.235. The minimum atomic E-state index is -0.946. The van der Waals surface area contributed by atoms with E-state index in [1.807, 2.05) is 23.5 Å². The number of aromatic nitrogens is 1. The van der Waals surface area contributed by atoms with Crippen LogP contribution < -0.4 is 20.5 Å². The number of carbonyl (C=O) groups is 2. The second-order valence-electron chi connectivity index (χ2n) is 4.89. The Bertz CT molecular complexity index is 677. The lowest BCUT2D eigenvalue weighted by atomic mass is 10.1. The van der Waals surface area contributed by atoms with E-state index in [1.54, 1.807) is 12.1 Å². The lowest BCUT2D eigenvalue weighted by Crippen LogP contribution is -2.37. The van der Waals surface area contributed by atoms with Gasteiger partial charge in [-0.1, -0.05) is 30.3 Å². The molecule has 0 radical (unpaired) electrons. The number of nitrogens with one attached hydrogen (secondary N) is 1. The lowest BCUT2D eigenvalue weighted by molar-refractivity contribution is -0.118. The zero-order valence-corrected chi connectivity index (χ0v) is 13.1. The van der Waals surface area contributed by atoms with Gasteiger partial charge in [0.25, 0.3) is 5.88 Å². The summed E-state index contributed by atoms with van der Waals surface area (Å²) in [6, 6.07) is 13.4. The maximum absolute atomic E-state index is 11.5. The van der Waals surface area contributed by atoms with Crippen LogP contribution in [0.4, 0.5) is 4.79 Å². The van der Waals surface area contributed by atoms with Crippen molar-refractivity contribution in [1.29, 1.82) is 0 Å². The number of hydrogen-bond acceptors (Lipinski definition) is 6. The summed E-state index contributed by atoms with van der Waals surface area (Å²) in [5.74, 6) is -0.304. The number of carbonyl (C=O) groups excluding carboxylic acids is 2. The van der Waals surface area contributed by atoms with E-state index in [4.69, 9.17) is 15.2 Å². The minimum absolute atomic E-state index is 0.000433. The van der Waals surface area contributed by atoms with Gasteiger partial charge in [0.1, 0.15) is 0 Å². The van der Waals surface area contributed by atoms with Crippen molar-refractivity contribution in [3.05, 3.63) is 54.2 Å². The van der Waals surface area contributed by atoms with Crippen LogP contribution in [0.3, 0.4) is 0 Å². The number of benzene rings is 1. The summed E-state index contributed by atoms with van der Waals surface area (Å²) >= 11 is 0. The maximum Gasteiger partial charge on any atom is 0.420 e. The van der Waals surface area contributed by atoms with Crippen LogP contribution in [-0.2, 0) is 11.2 Å². The number of amides is 2. The molecule has 0 saturated carbocycles. The van der Waals surface area contributed by atoms with Crippen molar-refractivity contribution < 1.29 is 19.1 Å². The Hall–Kier alpha value is -2.93. The van der Waals surface area contributed by atoms with Gasteiger partial charge in [0, 0.05) is 6.20 Å². The first-order chi connectivity index (χ1) is 11.7. The number of hydrogen-bond donors (Lipinski definition) is 2. The number of nitrogens with two attached hydrogens (primary N) is 1. The van der Waals surface area contributed by atoms with Crippen molar-refractivity contribution in [2.75, 3.05) is 13.2 Å². The Balaban J connectivity index is 1.84. The molecule has 0 saturated heterocycles. The molecule has 7 heteroatoms. The molecule has 0 atom stereocenters. The molecule has 2 rings (SSSR count). The Morgan fingerprint density at radius 3 is 2.67 bits per heavy atom. The first-order valence-corrected chi connectivity index (χ1v) is 7.52. The molecule has 2 aromatic rings. The van der Waals surface area contributed by atoms with E-state index in [9.17, 15) is 9.59 Å². The molecular formula is C17H19N3O4. The summed E-state index contributed by atoms with van der Waals surface area (Å²) < 4.78 is 10.6. The Morgan fingerprint density at radius 2 is 1.92 bits per heavy atom. The monoisotopic (exact) mass is 329 g/mol. The second-order valence-corrected chi connectivity index (χ2v) is 4.89. The van der Waals surface area contributed by atoms with Crippen molar-refractivity contribution in [2.45, 2.75) is 12.8 Å². The molecule has 0 aliphatic heterocycles. The number of nitrogens with zero attached hydrogens (tertiary/aromatic N) is 1. The molecule has 126 valence electrons. The average Bonchev–Trinajstić information content (AvgIpc) is 2.60. The highest BCUT2D eigenvalue weighted by atomic mass is 16.6. The standard InChI is InChI=1S/C17H19N3O4/c18-12-15(21)20-17(22)24-16-14(9-4-10-19-16)23-11-5-8-13-6-2-1-3-7-13/h1-4,6-7,9-10H,5,8,11-12,18H2,(H,20,21,22). The van der Waals surface area contributed by atoms with Gasteiger partial charge in [-0.2, -0.15) is 0 Å². The smallest absolute Gasteiger partial charge is 0.420 e. The zero-order chi connectivity index (χ0) is 17.2. The number of ether oxygens (including phenoxy) is 2. The first-order valence-electron chi connectivity index (χ1n) is 7.52. The van der Waals surface area contributed by atoms with Gasteiger partial charge in [-0.15, -0.1) is 0 Å². The molecule has 1 aromatic heterocycles. The van der Waals surface area contributed by atoms with E-state index in [1.165, 1.54) is 11.8 Å². The Morgan fingerprint density at radius 1 is 1.12 bits per heavy atom. The van der Waals surface area contributed by atoms with Crippen LogP contribution in [0, 0.1) is 0 Å². The van der Waals surface area contributed by atoms with Crippen LogP contribution in [0.25, 0.3) is 0 Å². The molecule has 0 bridgehead atoms. The molecule has 0 aliphatic carbocycles. The Labute approximate surface area is 139 Å². The molecular weight excluding hydrogens is 310 g/mol. The van der Waals surface area contributed by atoms with E-state index in [-0.39, 0.29) is 12.4 Å². The summed E-state index contributed by atoms with van der Waals surface area (Å²) in [6.45, 7) is 0.139.